The zero-order valence-electron chi connectivity index (χ0n) is 6.04. The zero-order chi connectivity index (χ0) is 8.55. The summed E-state index contributed by atoms with van der Waals surface area (Å²) in [5.41, 5.74) is 0.620. The minimum Gasteiger partial charge on any atom is -0.192 e. The molecule has 0 bridgehead atoms. The van der Waals surface area contributed by atoms with E-state index in [-0.39, 0.29) is 0 Å². The lowest BCUT2D eigenvalue weighted by Gasteiger charge is -1.93. The van der Waals surface area contributed by atoms with E-state index in [9.17, 15) is 0 Å². The van der Waals surface area contributed by atoms with E-state index in [1.807, 2.05) is 17.5 Å². The van der Waals surface area contributed by atoms with Crippen LogP contribution in [0, 0.1) is 11.3 Å². The molecule has 0 aliphatic carbocycles. The third-order valence-electron chi connectivity index (χ3n) is 1.65. The number of hydrogen-bond acceptors (Lipinski definition) is 2. The maximum Gasteiger partial charge on any atom is 0.0992 e. The topological polar surface area (TPSA) is 23.8 Å². The highest BCUT2D eigenvalue weighted by Gasteiger charge is 2.02. The van der Waals surface area contributed by atoms with Crippen LogP contribution in [-0.4, -0.2) is 0 Å². The smallest absolute Gasteiger partial charge is 0.0992 e. The van der Waals surface area contributed by atoms with Gasteiger partial charge in [0.1, 0.15) is 0 Å². The molecule has 0 saturated heterocycles. The quantitative estimate of drug-likeness (QED) is 0.629. The van der Waals surface area contributed by atoms with Crippen LogP contribution < -0.4 is 0 Å². The van der Waals surface area contributed by atoms with E-state index < -0.39 is 0 Å². The monoisotopic (exact) mass is 193 g/mol. The Morgan fingerprint density at radius 2 is 2.25 bits per heavy atom. The first-order valence-corrected chi connectivity index (χ1v) is 4.64. The van der Waals surface area contributed by atoms with E-state index in [0.29, 0.717) is 10.6 Å². The van der Waals surface area contributed by atoms with Crippen LogP contribution in [0.4, 0.5) is 0 Å². The Balaban J connectivity index is 2.86. The third kappa shape index (κ3) is 1.08. The standard InChI is InChI=1S/C9H4ClNS/c10-8-3-6(5-11)4-9-7(8)1-2-12-9/h1-4H. The van der Waals surface area contributed by atoms with Crippen molar-refractivity contribution in [2.75, 3.05) is 0 Å². The zero-order valence-corrected chi connectivity index (χ0v) is 7.62. The number of rotatable bonds is 0. The molecule has 3 heteroatoms. The predicted molar refractivity (Wildman–Crippen MR) is 51.6 cm³/mol. The highest BCUT2D eigenvalue weighted by atomic mass is 35.5. The number of nitrogens with zero attached hydrogens (tertiary/aromatic N) is 1. The molecule has 0 atom stereocenters. The molecule has 0 N–H and O–H groups in total. The van der Waals surface area contributed by atoms with Crippen LogP contribution >= 0.6 is 22.9 Å². The van der Waals surface area contributed by atoms with Gasteiger partial charge in [0.15, 0.2) is 0 Å². The Morgan fingerprint density at radius 3 is 3.00 bits per heavy atom. The number of hydrogen-bond donors (Lipinski definition) is 0. The Kier molecular flexibility index (Phi) is 1.76. The molecule has 0 aliphatic rings. The van der Waals surface area contributed by atoms with E-state index in [0.717, 1.165) is 10.1 Å². The van der Waals surface area contributed by atoms with Gasteiger partial charge < -0.3 is 0 Å². The molecule has 1 heterocycles. The van der Waals surface area contributed by atoms with Crippen LogP contribution in [0.25, 0.3) is 10.1 Å². The SMILES string of the molecule is N#Cc1cc(Cl)c2ccsc2c1. The van der Waals surface area contributed by atoms with Crippen LogP contribution in [0.2, 0.25) is 5.02 Å². The molecule has 0 radical (unpaired) electrons. The van der Waals surface area contributed by atoms with Crippen molar-refractivity contribution in [3.05, 3.63) is 34.2 Å². The number of fused-ring (bicyclic) bond motifs is 1. The fourth-order valence-electron chi connectivity index (χ4n) is 1.09. The molecule has 1 nitrogen and oxygen atoms in total. The van der Waals surface area contributed by atoms with Gasteiger partial charge in [0.05, 0.1) is 16.7 Å². The summed E-state index contributed by atoms with van der Waals surface area (Å²) < 4.78 is 1.07. The normalized spacial score (nSPS) is 10.0. The van der Waals surface area contributed by atoms with Gasteiger partial charge in [0.25, 0.3) is 0 Å². The Bertz CT molecular complexity index is 467. The minimum absolute atomic E-state index is 0.620. The molecular weight excluding hydrogens is 190 g/mol. The van der Waals surface area contributed by atoms with Crippen molar-refractivity contribution >= 4 is 33.0 Å². The minimum atomic E-state index is 0.620. The van der Waals surface area contributed by atoms with Crippen LogP contribution in [0.15, 0.2) is 23.6 Å². The molecule has 0 fully saturated rings. The van der Waals surface area contributed by atoms with Gasteiger partial charge in [-0.2, -0.15) is 5.26 Å². The lowest BCUT2D eigenvalue weighted by atomic mass is 10.2. The Morgan fingerprint density at radius 1 is 1.42 bits per heavy atom. The molecule has 0 spiro atoms. The first-order valence-electron chi connectivity index (χ1n) is 3.38. The summed E-state index contributed by atoms with van der Waals surface area (Å²) in [4.78, 5) is 0. The molecule has 0 unspecified atom stereocenters. The van der Waals surface area contributed by atoms with Gasteiger partial charge in [-0.3, -0.25) is 0 Å². The molecule has 2 aromatic rings. The van der Waals surface area contributed by atoms with Crippen LogP contribution in [-0.2, 0) is 0 Å². The fourth-order valence-corrected chi connectivity index (χ4v) is 2.28. The average molecular weight is 194 g/mol. The van der Waals surface area contributed by atoms with Crippen molar-refractivity contribution < 1.29 is 0 Å². The summed E-state index contributed by atoms with van der Waals surface area (Å²) in [5, 5.41) is 12.3. The number of thiophene rings is 1. The third-order valence-corrected chi connectivity index (χ3v) is 2.83. The second-order valence-electron chi connectivity index (χ2n) is 2.40. The second kappa shape index (κ2) is 2.78. The van der Waals surface area contributed by atoms with E-state index in [2.05, 4.69) is 6.07 Å². The predicted octanol–water partition coefficient (Wildman–Crippen LogP) is 3.43. The Hall–Kier alpha value is -1.04. The van der Waals surface area contributed by atoms with Crippen molar-refractivity contribution in [2.24, 2.45) is 0 Å². The fraction of sp³-hybridized carbons (Fsp3) is 0. The van der Waals surface area contributed by atoms with Crippen LogP contribution in [0.3, 0.4) is 0 Å². The highest BCUT2D eigenvalue weighted by molar-refractivity contribution is 7.17. The molecule has 12 heavy (non-hydrogen) atoms. The average Bonchev–Trinajstić information content (AvgIpc) is 2.52. The van der Waals surface area contributed by atoms with Gasteiger partial charge in [-0.1, -0.05) is 11.6 Å². The summed E-state index contributed by atoms with van der Waals surface area (Å²) in [7, 11) is 0. The van der Waals surface area contributed by atoms with Crippen LogP contribution in [0.5, 0.6) is 0 Å². The van der Waals surface area contributed by atoms with Gasteiger partial charge in [0.2, 0.25) is 0 Å². The summed E-state index contributed by atoms with van der Waals surface area (Å²) in [6, 6.07) is 7.58. The molecular formula is C9H4ClNS. The number of halogens is 1. The largest absolute Gasteiger partial charge is 0.192 e. The summed E-state index contributed by atoms with van der Waals surface area (Å²) >= 11 is 7.53. The van der Waals surface area contributed by atoms with Gasteiger partial charge in [-0.15, -0.1) is 11.3 Å². The molecule has 1 aromatic heterocycles. The summed E-state index contributed by atoms with van der Waals surface area (Å²) in [6.45, 7) is 0. The van der Waals surface area contributed by atoms with Crippen molar-refractivity contribution in [1.82, 2.24) is 0 Å². The van der Waals surface area contributed by atoms with E-state index in [1.54, 1.807) is 17.4 Å². The molecule has 2 rings (SSSR count). The first-order chi connectivity index (χ1) is 5.81. The van der Waals surface area contributed by atoms with Gasteiger partial charge in [0, 0.05) is 10.1 Å². The van der Waals surface area contributed by atoms with Gasteiger partial charge >= 0.3 is 0 Å². The maximum absolute atomic E-state index is 8.65. The van der Waals surface area contributed by atoms with Crippen molar-refractivity contribution in [3.63, 3.8) is 0 Å². The Labute approximate surface area is 78.8 Å². The van der Waals surface area contributed by atoms with Crippen molar-refractivity contribution in [3.8, 4) is 6.07 Å². The van der Waals surface area contributed by atoms with Crippen molar-refractivity contribution in [1.29, 1.82) is 5.26 Å². The van der Waals surface area contributed by atoms with Gasteiger partial charge in [-0.05, 0) is 23.6 Å². The summed E-state index contributed by atoms with van der Waals surface area (Å²) in [6.07, 6.45) is 0. The second-order valence-corrected chi connectivity index (χ2v) is 3.76. The lowest BCUT2D eigenvalue weighted by molar-refractivity contribution is 1.50. The van der Waals surface area contributed by atoms with Gasteiger partial charge in [-0.25, -0.2) is 0 Å². The van der Waals surface area contributed by atoms with E-state index in [1.165, 1.54) is 0 Å². The maximum atomic E-state index is 8.65. The molecule has 1 aromatic carbocycles. The molecule has 0 aliphatic heterocycles. The highest BCUT2D eigenvalue weighted by Crippen LogP contribution is 2.28. The molecule has 58 valence electrons. The number of nitriles is 1. The molecule has 0 amide bonds. The molecule has 0 saturated carbocycles. The van der Waals surface area contributed by atoms with Crippen molar-refractivity contribution in [2.45, 2.75) is 0 Å². The van der Waals surface area contributed by atoms with Crippen LogP contribution in [0.1, 0.15) is 5.56 Å². The lowest BCUT2D eigenvalue weighted by Crippen LogP contribution is -1.73. The summed E-state index contributed by atoms with van der Waals surface area (Å²) in [5.74, 6) is 0. The first kappa shape index (κ1) is 7.60. The number of benzene rings is 1. The van der Waals surface area contributed by atoms with E-state index in [4.69, 9.17) is 16.9 Å². The van der Waals surface area contributed by atoms with E-state index >= 15 is 0 Å².